The number of carbonyl (C=O) groups is 1. The third-order valence-electron chi connectivity index (χ3n) is 3.92. The third kappa shape index (κ3) is 4.82. The molecular weight excluding hydrogens is 322 g/mol. The third-order valence-corrected chi connectivity index (χ3v) is 3.92. The van der Waals surface area contributed by atoms with Crippen molar-refractivity contribution >= 4 is 5.91 Å². The lowest BCUT2D eigenvalue weighted by atomic mass is 10.1. The summed E-state index contributed by atoms with van der Waals surface area (Å²) >= 11 is 0. The topological polar surface area (TPSA) is 73.8 Å². The van der Waals surface area contributed by atoms with Crippen LogP contribution >= 0.6 is 0 Å². The molecule has 1 aliphatic heterocycles. The molecule has 1 saturated heterocycles. The van der Waals surface area contributed by atoms with Gasteiger partial charge in [0.25, 0.3) is 5.91 Å². The molecule has 0 radical (unpaired) electrons. The van der Waals surface area contributed by atoms with Gasteiger partial charge in [-0.3, -0.25) is 9.78 Å². The Bertz CT molecular complexity index is 696. The molecule has 0 aliphatic carbocycles. The van der Waals surface area contributed by atoms with E-state index in [1.807, 2.05) is 30.3 Å². The van der Waals surface area contributed by atoms with E-state index in [0.717, 1.165) is 12.8 Å². The van der Waals surface area contributed by atoms with E-state index >= 15 is 0 Å². The Hall–Kier alpha value is -2.83. The quantitative estimate of drug-likeness (QED) is 0.798. The first-order valence-corrected chi connectivity index (χ1v) is 8.23. The van der Waals surface area contributed by atoms with Gasteiger partial charge in [0.2, 0.25) is 11.8 Å². The number of hydrogen-bond acceptors (Lipinski definition) is 6. The number of para-hydroxylation sites is 1. The summed E-state index contributed by atoms with van der Waals surface area (Å²) in [5, 5.41) is 0. The Morgan fingerprint density at radius 3 is 2.84 bits per heavy atom. The van der Waals surface area contributed by atoms with Crippen molar-refractivity contribution in [2.24, 2.45) is 0 Å². The van der Waals surface area contributed by atoms with Gasteiger partial charge in [0.05, 0.1) is 26.0 Å². The van der Waals surface area contributed by atoms with Crippen molar-refractivity contribution in [1.82, 2.24) is 14.9 Å². The number of ether oxygens (including phenoxy) is 3. The van der Waals surface area contributed by atoms with Crippen LogP contribution in [0.25, 0.3) is 0 Å². The largest absolute Gasteiger partial charge is 0.484 e. The number of carbonyl (C=O) groups excluding carboxylic acids is 1. The number of piperidine rings is 1. The smallest absolute Gasteiger partial charge is 0.260 e. The lowest BCUT2D eigenvalue weighted by Crippen LogP contribution is -2.46. The Labute approximate surface area is 146 Å². The molecule has 0 saturated carbocycles. The SMILES string of the molecule is COc1cncc(OC2CCCN(C(=O)COc3ccccc3)C2)n1. The molecule has 1 amide bonds. The predicted octanol–water partition coefficient (Wildman–Crippen LogP) is 1.93. The summed E-state index contributed by atoms with van der Waals surface area (Å²) in [6.07, 6.45) is 4.68. The summed E-state index contributed by atoms with van der Waals surface area (Å²) in [5.74, 6) is 1.44. The van der Waals surface area contributed by atoms with Crippen molar-refractivity contribution in [2.75, 3.05) is 26.8 Å². The van der Waals surface area contributed by atoms with E-state index in [4.69, 9.17) is 14.2 Å². The fourth-order valence-corrected chi connectivity index (χ4v) is 2.67. The second-order valence-electron chi connectivity index (χ2n) is 5.72. The second kappa shape index (κ2) is 8.32. The van der Waals surface area contributed by atoms with E-state index in [1.165, 1.54) is 13.3 Å². The van der Waals surface area contributed by atoms with Crippen molar-refractivity contribution in [2.45, 2.75) is 18.9 Å². The van der Waals surface area contributed by atoms with Gasteiger partial charge in [-0.25, -0.2) is 0 Å². The molecular formula is C18H21N3O4. The van der Waals surface area contributed by atoms with Crippen molar-refractivity contribution in [3.63, 3.8) is 0 Å². The van der Waals surface area contributed by atoms with E-state index in [-0.39, 0.29) is 18.6 Å². The lowest BCUT2D eigenvalue weighted by molar-refractivity contribution is -0.136. The maximum absolute atomic E-state index is 12.4. The standard InChI is InChI=1S/C18H21N3O4/c1-23-16-10-19-11-17(20-16)25-15-8-5-9-21(12-15)18(22)13-24-14-6-3-2-4-7-14/h2-4,6-7,10-11,15H,5,8-9,12-13H2,1H3. The van der Waals surface area contributed by atoms with Gasteiger partial charge in [0.15, 0.2) is 6.61 Å². The molecule has 3 rings (SSSR count). The van der Waals surface area contributed by atoms with Crippen molar-refractivity contribution < 1.29 is 19.0 Å². The number of nitrogens with zero attached hydrogens (tertiary/aromatic N) is 3. The van der Waals surface area contributed by atoms with E-state index in [2.05, 4.69) is 9.97 Å². The summed E-state index contributed by atoms with van der Waals surface area (Å²) in [6.45, 7) is 1.24. The molecule has 0 N–H and O–H groups in total. The predicted molar refractivity (Wildman–Crippen MR) is 90.8 cm³/mol. The molecule has 25 heavy (non-hydrogen) atoms. The molecule has 132 valence electrons. The number of methoxy groups -OCH3 is 1. The molecule has 0 spiro atoms. The van der Waals surface area contributed by atoms with Crippen LogP contribution < -0.4 is 14.2 Å². The van der Waals surface area contributed by atoms with Gasteiger partial charge in [-0.1, -0.05) is 18.2 Å². The molecule has 7 heteroatoms. The molecule has 1 aromatic heterocycles. The van der Waals surface area contributed by atoms with E-state index in [9.17, 15) is 4.79 Å². The van der Waals surface area contributed by atoms with Crippen LogP contribution in [0, 0.1) is 0 Å². The van der Waals surface area contributed by atoms with Gasteiger partial charge < -0.3 is 19.1 Å². The van der Waals surface area contributed by atoms with Crippen LogP contribution in [0.4, 0.5) is 0 Å². The lowest BCUT2D eigenvalue weighted by Gasteiger charge is -2.32. The van der Waals surface area contributed by atoms with Crippen LogP contribution in [0.3, 0.4) is 0 Å². The maximum Gasteiger partial charge on any atom is 0.260 e. The zero-order chi connectivity index (χ0) is 17.5. The summed E-state index contributed by atoms with van der Waals surface area (Å²) in [5.41, 5.74) is 0. The number of amides is 1. The van der Waals surface area contributed by atoms with Crippen LogP contribution in [0.1, 0.15) is 12.8 Å². The Morgan fingerprint density at radius 1 is 1.24 bits per heavy atom. The van der Waals surface area contributed by atoms with E-state index < -0.39 is 0 Å². The summed E-state index contributed by atoms with van der Waals surface area (Å²) in [6, 6.07) is 9.32. The molecule has 0 bridgehead atoms. The van der Waals surface area contributed by atoms with Crippen LogP contribution in [0.15, 0.2) is 42.7 Å². The molecule has 1 unspecified atom stereocenters. The summed E-state index contributed by atoms with van der Waals surface area (Å²) < 4.78 is 16.4. The van der Waals surface area contributed by atoms with Crippen LogP contribution in [-0.4, -0.2) is 53.7 Å². The van der Waals surface area contributed by atoms with Gasteiger partial charge >= 0.3 is 0 Å². The van der Waals surface area contributed by atoms with Crippen molar-refractivity contribution in [3.8, 4) is 17.5 Å². The molecule has 1 fully saturated rings. The van der Waals surface area contributed by atoms with Crippen molar-refractivity contribution in [3.05, 3.63) is 42.7 Å². The normalized spacial score (nSPS) is 17.0. The monoisotopic (exact) mass is 343 g/mol. The molecule has 1 aliphatic rings. The second-order valence-corrected chi connectivity index (χ2v) is 5.72. The summed E-state index contributed by atoms with van der Waals surface area (Å²) in [4.78, 5) is 22.4. The fourth-order valence-electron chi connectivity index (χ4n) is 2.67. The van der Waals surface area contributed by atoms with Gasteiger partial charge in [-0.2, -0.15) is 4.98 Å². The highest BCUT2D eigenvalue weighted by Crippen LogP contribution is 2.18. The minimum Gasteiger partial charge on any atom is -0.484 e. The van der Waals surface area contributed by atoms with Crippen LogP contribution in [-0.2, 0) is 4.79 Å². The zero-order valence-corrected chi connectivity index (χ0v) is 14.1. The summed E-state index contributed by atoms with van der Waals surface area (Å²) in [7, 11) is 1.53. The molecule has 2 heterocycles. The van der Waals surface area contributed by atoms with Gasteiger partial charge in [-0.15, -0.1) is 0 Å². The first-order valence-electron chi connectivity index (χ1n) is 8.23. The molecule has 1 atom stereocenters. The van der Waals surface area contributed by atoms with Crippen LogP contribution in [0.2, 0.25) is 0 Å². The Kier molecular flexibility index (Phi) is 5.66. The first-order chi connectivity index (χ1) is 12.2. The Morgan fingerprint density at radius 2 is 2.04 bits per heavy atom. The molecule has 7 nitrogen and oxygen atoms in total. The number of rotatable bonds is 6. The minimum absolute atomic E-state index is 0.0235. The minimum atomic E-state index is -0.115. The highest BCUT2D eigenvalue weighted by Gasteiger charge is 2.25. The number of hydrogen-bond donors (Lipinski definition) is 0. The van der Waals surface area contributed by atoms with E-state index in [1.54, 1.807) is 11.1 Å². The first kappa shape index (κ1) is 17.0. The Balaban J connectivity index is 1.52. The van der Waals surface area contributed by atoms with E-state index in [0.29, 0.717) is 30.6 Å². The average molecular weight is 343 g/mol. The number of benzene rings is 1. The zero-order valence-electron chi connectivity index (χ0n) is 14.1. The van der Waals surface area contributed by atoms with Gasteiger partial charge in [-0.05, 0) is 25.0 Å². The average Bonchev–Trinajstić information content (AvgIpc) is 2.67. The van der Waals surface area contributed by atoms with Crippen molar-refractivity contribution in [1.29, 1.82) is 0 Å². The maximum atomic E-state index is 12.4. The number of likely N-dealkylation sites (tertiary alicyclic amines) is 1. The van der Waals surface area contributed by atoms with Gasteiger partial charge in [0, 0.05) is 6.54 Å². The fraction of sp³-hybridized carbons (Fsp3) is 0.389. The highest BCUT2D eigenvalue weighted by molar-refractivity contribution is 5.77. The number of aromatic nitrogens is 2. The molecule has 1 aromatic carbocycles. The highest BCUT2D eigenvalue weighted by atomic mass is 16.5. The van der Waals surface area contributed by atoms with Gasteiger partial charge in [0.1, 0.15) is 11.9 Å². The molecule has 2 aromatic rings. The van der Waals surface area contributed by atoms with Crippen LogP contribution in [0.5, 0.6) is 17.5 Å².